The van der Waals surface area contributed by atoms with Crippen molar-refractivity contribution >= 4 is 27.6 Å². The predicted molar refractivity (Wildman–Crippen MR) is 101 cm³/mol. The molecule has 0 heterocycles. The molecule has 6 heteroatoms. The Hall–Kier alpha value is -1.79. The highest BCUT2D eigenvalue weighted by Gasteiger charge is 2.44. The monoisotopic (exact) mass is 378 g/mol. The molecule has 0 N–H and O–H groups in total. The lowest BCUT2D eigenvalue weighted by Crippen LogP contribution is -2.44. The minimum atomic E-state index is -3.57. The van der Waals surface area contributed by atoms with E-state index in [0.717, 1.165) is 21.6 Å². The van der Waals surface area contributed by atoms with E-state index >= 15 is 0 Å². The smallest absolute Gasteiger partial charge is 0.326 e. The van der Waals surface area contributed by atoms with E-state index in [1.165, 1.54) is 14.0 Å². The molecule has 1 atom stereocenters. The van der Waals surface area contributed by atoms with Crippen LogP contribution in [-0.4, -0.2) is 32.5 Å². The zero-order valence-corrected chi connectivity index (χ0v) is 16.2. The summed E-state index contributed by atoms with van der Waals surface area (Å²) < 4.78 is 27.2. The van der Waals surface area contributed by atoms with Crippen molar-refractivity contribution in [3.63, 3.8) is 0 Å². The Morgan fingerprint density at radius 3 is 2.12 bits per heavy atom. The molecule has 0 spiro atoms. The van der Waals surface area contributed by atoms with Gasteiger partial charge in [0.25, 0.3) is 0 Å². The first-order valence-corrected chi connectivity index (χ1v) is 10.6. The van der Waals surface area contributed by atoms with Crippen LogP contribution in [0.1, 0.15) is 18.9 Å². The van der Waals surface area contributed by atoms with Gasteiger partial charge >= 0.3 is 5.97 Å². The Morgan fingerprint density at radius 2 is 1.60 bits per heavy atom. The summed E-state index contributed by atoms with van der Waals surface area (Å²) in [6.45, 7) is 1.42. The first-order chi connectivity index (χ1) is 11.8. The zero-order chi connectivity index (χ0) is 18.5. The fourth-order valence-corrected chi connectivity index (χ4v) is 4.08. The van der Waals surface area contributed by atoms with Gasteiger partial charge in [-0.05, 0) is 49.6 Å². The Labute approximate surface area is 153 Å². The zero-order valence-electron chi connectivity index (χ0n) is 14.6. The van der Waals surface area contributed by atoms with Crippen LogP contribution in [0.2, 0.25) is 0 Å². The molecule has 2 rings (SSSR count). The number of carbonyl (C=O) groups is 1. The standard InChI is InChI=1S/C19H22O4S2/c1-19(18(20)23-2,25(3,21)22)14-13-15-9-11-17(12-10-15)24-16-7-5-4-6-8-16/h4-12H,13-14H2,1-3H3/t19-/m1/s1. The van der Waals surface area contributed by atoms with Gasteiger partial charge in [-0.3, -0.25) is 4.79 Å². The quantitative estimate of drug-likeness (QED) is 0.687. The van der Waals surface area contributed by atoms with Crippen molar-refractivity contribution < 1.29 is 17.9 Å². The summed E-state index contributed by atoms with van der Waals surface area (Å²) in [6.07, 6.45) is 1.74. The molecular weight excluding hydrogens is 356 g/mol. The third-order valence-electron chi connectivity index (χ3n) is 4.23. The first-order valence-electron chi connectivity index (χ1n) is 7.86. The number of hydrogen-bond donors (Lipinski definition) is 0. The van der Waals surface area contributed by atoms with Gasteiger partial charge in [-0.1, -0.05) is 42.1 Å². The lowest BCUT2D eigenvalue weighted by molar-refractivity contribution is -0.143. The third kappa shape index (κ3) is 4.86. The van der Waals surface area contributed by atoms with Gasteiger partial charge in [-0.25, -0.2) is 8.42 Å². The van der Waals surface area contributed by atoms with Gasteiger partial charge < -0.3 is 4.74 Å². The summed E-state index contributed by atoms with van der Waals surface area (Å²) in [7, 11) is -2.36. The molecular formula is C19H22O4S2. The molecule has 0 bridgehead atoms. The highest BCUT2D eigenvalue weighted by atomic mass is 32.2. The molecule has 25 heavy (non-hydrogen) atoms. The number of sulfone groups is 1. The summed E-state index contributed by atoms with van der Waals surface area (Å²) in [5.41, 5.74) is 0.983. The van der Waals surface area contributed by atoms with Gasteiger partial charge in [0.1, 0.15) is 0 Å². The molecule has 0 saturated carbocycles. The fraction of sp³-hybridized carbons (Fsp3) is 0.316. The highest BCUT2D eigenvalue weighted by Crippen LogP contribution is 2.29. The summed E-state index contributed by atoms with van der Waals surface area (Å²) in [6, 6.07) is 18.0. The van der Waals surface area contributed by atoms with Crippen LogP contribution in [0, 0.1) is 0 Å². The third-order valence-corrected chi connectivity index (χ3v) is 7.25. The highest BCUT2D eigenvalue weighted by molar-refractivity contribution is 7.99. The van der Waals surface area contributed by atoms with Crippen LogP contribution in [0.5, 0.6) is 0 Å². The number of esters is 1. The summed E-state index contributed by atoms with van der Waals surface area (Å²) in [5, 5.41) is 0. The number of aryl methyl sites for hydroxylation is 1. The number of carbonyl (C=O) groups excluding carboxylic acids is 1. The lowest BCUT2D eigenvalue weighted by Gasteiger charge is -2.24. The van der Waals surface area contributed by atoms with Crippen LogP contribution < -0.4 is 0 Å². The number of methoxy groups -OCH3 is 1. The van der Waals surface area contributed by atoms with E-state index in [4.69, 9.17) is 4.74 Å². The second kappa shape index (κ2) is 8.06. The lowest BCUT2D eigenvalue weighted by atomic mass is 10.0. The molecule has 2 aromatic rings. The van der Waals surface area contributed by atoms with E-state index in [0.29, 0.717) is 6.42 Å². The maximum atomic E-state index is 12.0. The first kappa shape index (κ1) is 19.5. The number of ether oxygens (including phenoxy) is 1. The van der Waals surface area contributed by atoms with Crippen molar-refractivity contribution in [3.05, 3.63) is 60.2 Å². The predicted octanol–water partition coefficient (Wildman–Crippen LogP) is 3.75. The maximum Gasteiger partial charge on any atom is 0.326 e. The minimum Gasteiger partial charge on any atom is -0.468 e. The molecule has 0 saturated heterocycles. The summed E-state index contributed by atoms with van der Waals surface area (Å²) in [4.78, 5) is 14.2. The molecule has 0 aliphatic carbocycles. The van der Waals surface area contributed by atoms with Gasteiger partial charge in [0, 0.05) is 16.0 Å². The molecule has 0 amide bonds. The van der Waals surface area contributed by atoms with E-state index in [1.807, 2.05) is 54.6 Å². The molecule has 2 aromatic carbocycles. The van der Waals surface area contributed by atoms with Gasteiger partial charge in [-0.15, -0.1) is 0 Å². The molecule has 0 aliphatic rings. The second-order valence-electron chi connectivity index (χ2n) is 6.05. The minimum absolute atomic E-state index is 0.184. The average Bonchev–Trinajstić information content (AvgIpc) is 2.60. The second-order valence-corrected chi connectivity index (χ2v) is 9.65. The summed E-state index contributed by atoms with van der Waals surface area (Å²) >= 11 is 1.66. The van der Waals surface area contributed by atoms with Crippen LogP contribution in [0.3, 0.4) is 0 Å². The van der Waals surface area contributed by atoms with Crippen LogP contribution in [0.15, 0.2) is 64.4 Å². The Kier molecular flexibility index (Phi) is 6.30. The van der Waals surface area contributed by atoms with Crippen molar-refractivity contribution in [1.29, 1.82) is 0 Å². The SMILES string of the molecule is COC(=O)[C@@](C)(CCc1ccc(Sc2ccccc2)cc1)S(C)(=O)=O. The maximum absolute atomic E-state index is 12.0. The molecule has 0 aliphatic heterocycles. The van der Waals surface area contributed by atoms with E-state index in [1.54, 1.807) is 11.8 Å². The molecule has 0 fully saturated rings. The largest absolute Gasteiger partial charge is 0.468 e. The van der Waals surface area contributed by atoms with Crippen LogP contribution in [0.25, 0.3) is 0 Å². The van der Waals surface area contributed by atoms with Gasteiger partial charge in [0.15, 0.2) is 14.6 Å². The number of benzene rings is 2. The van der Waals surface area contributed by atoms with Crippen LogP contribution in [0.4, 0.5) is 0 Å². The number of rotatable bonds is 7. The van der Waals surface area contributed by atoms with E-state index in [9.17, 15) is 13.2 Å². The van der Waals surface area contributed by atoms with E-state index in [-0.39, 0.29) is 6.42 Å². The molecule has 134 valence electrons. The topological polar surface area (TPSA) is 60.4 Å². The molecule has 0 aromatic heterocycles. The fourth-order valence-electron chi connectivity index (χ4n) is 2.39. The average molecular weight is 379 g/mol. The van der Waals surface area contributed by atoms with Crippen molar-refractivity contribution in [2.45, 2.75) is 34.3 Å². The van der Waals surface area contributed by atoms with Crippen molar-refractivity contribution in [2.75, 3.05) is 13.4 Å². The van der Waals surface area contributed by atoms with Crippen LogP contribution >= 0.6 is 11.8 Å². The van der Waals surface area contributed by atoms with Gasteiger partial charge in [0.05, 0.1) is 7.11 Å². The van der Waals surface area contributed by atoms with Crippen molar-refractivity contribution in [3.8, 4) is 0 Å². The molecule has 0 unspecified atom stereocenters. The van der Waals surface area contributed by atoms with Gasteiger partial charge in [0.2, 0.25) is 0 Å². The van der Waals surface area contributed by atoms with Crippen molar-refractivity contribution in [2.24, 2.45) is 0 Å². The van der Waals surface area contributed by atoms with E-state index < -0.39 is 20.6 Å². The van der Waals surface area contributed by atoms with Crippen LogP contribution in [-0.2, 0) is 25.8 Å². The Morgan fingerprint density at radius 1 is 1.04 bits per heavy atom. The summed E-state index contributed by atoms with van der Waals surface area (Å²) in [5.74, 6) is -0.716. The Balaban J connectivity index is 2.07. The Bertz CT molecular complexity index is 814. The molecule has 0 radical (unpaired) electrons. The van der Waals surface area contributed by atoms with Gasteiger partial charge in [-0.2, -0.15) is 0 Å². The molecule has 4 nitrogen and oxygen atoms in total. The normalized spacial score (nSPS) is 13.9. The number of hydrogen-bond acceptors (Lipinski definition) is 5. The van der Waals surface area contributed by atoms with Crippen molar-refractivity contribution in [1.82, 2.24) is 0 Å². The van der Waals surface area contributed by atoms with E-state index in [2.05, 4.69) is 0 Å².